The predicted molar refractivity (Wildman–Crippen MR) is 141 cm³/mol. The molecule has 3 aromatic rings. The number of methoxy groups -OCH3 is 1. The minimum Gasteiger partial charge on any atom is -0.493 e. The van der Waals surface area contributed by atoms with Gasteiger partial charge in [-0.05, 0) is 63.5 Å². The van der Waals surface area contributed by atoms with Crippen LogP contribution in [0, 0.1) is 11.7 Å². The van der Waals surface area contributed by atoms with Crippen molar-refractivity contribution in [2.75, 3.05) is 52.8 Å². The number of carbonyl (C=O) groups excluding carboxylic acids is 1. The summed E-state index contributed by atoms with van der Waals surface area (Å²) in [5.41, 5.74) is 0.973. The standard InChI is InChI=1S/C26H31BrFN5O3/c1-32(2)15-25(34)33-9-6-17(7-10-33)8-11-36-24-14-22-19(13-23(24)35-3)26(30-16-29-22)31-21-5-4-18(27)12-20(21)28/h4-5,12-14,16-17H,6-11,15H2,1-3H3,(H,29,30,31). The number of anilines is 2. The summed E-state index contributed by atoms with van der Waals surface area (Å²) in [6, 6.07) is 8.42. The molecule has 1 saturated heterocycles. The Morgan fingerprint density at radius 1 is 1.19 bits per heavy atom. The van der Waals surface area contributed by atoms with Crippen molar-refractivity contribution in [2.24, 2.45) is 5.92 Å². The highest BCUT2D eigenvalue weighted by Crippen LogP contribution is 2.35. The number of nitrogens with zero attached hydrogens (tertiary/aromatic N) is 4. The van der Waals surface area contributed by atoms with Gasteiger partial charge in [-0.2, -0.15) is 0 Å². The Morgan fingerprint density at radius 3 is 2.67 bits per heavy atom. The Kier molecular flexibility index (Phi) is 8.58. The molecule has 0 spiro atoms. The third-order valence-corrected chi connectivity index (χ3v) is 6.80. The summed E-state index contributed by atoms with van der Waals surface area (Å²) in [6.45, 7) is 2.58. The first kappa shape index (κ1) is 26.1. The van der Waals surface area contributed by atoms with Gasteiger partial charge in [0.25, 0.3) is 0 Å². The van der Waals surface area contributed by atoms with Gasteiger partial charge in [-0.25, -0.2) is 14.4 Å². The molecular weight excluding hydrogens is 529 g/mol. The van der Waals surface area contributed by atoms with Crippen molar-refractivity contribution < 1.29 is 18.7 Å². The van der Waals surface area contributed by atoms with Gasteiger partial charge in [-0.15, -0.1) is 0 Å². The SMILES string of the molecule is COc1cc2c(Nc3ccc(Br)cc3F)ncnc2cc1OCCC1CCN(C(=O)CN(C)C)CC1. The molecule has 1 fully saturated rings. The average molecular weight is 560 g/mol. The number of hydrogen-bond donors (Lipinski definition) is 1. The quantitative estimate of drug-likeness (QED) is 0.401. The number of hydrogen-bond acceptors (Lipinski definition) is 7. The van der Waals surface area contributed by atoms with Crippen LogP contribution in [0.2, 0.25) is 0 Å². The fourth-order valence-corrected chi connectivity index (χ4v) is 4.66. The van der Waals surface area contributed by atoms with Crippen molar-refractivity contribution >= 4 is 44.2 Å². The van der Waals surface area contributed by atoms with E-state index in [1.165, 1.54) is 12.4 Å². The van der Waals surface area contributed by atoms with E-state index in [1.807, 2.05) is 30.0 Å². The molecule has 1 aliphatic rings. The molecule has 0 unspecified atom stereocenters. The molecule has 36 heavy (non-hydrogen) atoms. The smallest absolute Gasteiger partial charge is 0.236 e. The van der Waals surface area contributed by atoms with E-state index in [2.05, 4.69) is 31.2 Å². The molecule has 0 aliphatic carbocycles. The first-order chi connectivity index (χ1) is 17.3. The molecule has 2 aromatic carbocycles. The minimum atomic E-state index is -0.393. The second-order valence-corrected chi connectivity index (χ2v) is 10.1. The summed E-state index contributed by atoms with van der Waals surface area (Å²) >= 11 is 3.27. The normalized spacial score (nSPS) is 14.3. The fourth-order valence-electron chi connectivity index (χ4n) is 4.33. The fraction of sp³-hybridized carbons (Fsp3) is 0.423. The van der Waals surface area contributed by atoms with Gasteiger partial charge >= 0.3 is 0 Å². The monoisotopic (exact) mass is 559 g/mol. The van der Waals surface area contributed by atoms with Crippen LogP contribution in [0.5, 0.6) is 11.5 Å². The van der Waals surface area contributed by atoms with E-state index in [-0.39, 0.29) is 5.91 Å². The average Bonchev–Trinajstić information content (AvgIpc) is 2.85. The van der Waals surface area contributed by atoms with Gasteiger partial charge in [0.2, 0.25) is 5.91 Å². The van der Waals surface area contributed by atoms with E-state index < -0.39 is 5.82 Å². The number of likely N-dealkylation sites (tertiary alicyclic amines) is 1. The van der Waals surface area contributed by atoms with E-state index in [4.69, 9.17) is 9.47 Å². The Hall–Kier alpha value is -2.98. The van der Waals surface area contributed by atoms with E-state index >= 15 is 0 Å². The molecule has 1 N–H and O–H groups in total. The zero-order valence-corrected chi connectivity index (χ0v) is 22.3. The summed E-state index contributed by atoms with van der Waals surface area (Å²) in [6.07, 6.45) is 4.29. The molecule has 8 nitrogen and oxygen atoms in total. The van der Waals surface area contributed by atoms with Crippen molar-refractivity contribution in [2.45, 2.75) is 19.3 Å². The Morgan fingerprint density at radius 2 is 1.97 bits per heavy atom. The van der Waals surface area contributed by atoms with Crippen molar-refractivity contribution in [3.05, 3.63) is 46.9 Å². The molecule has 192 valence electrons. The number of rotatable bonds is 9. The summed E-state index contributed by atoms with van der Waals surface area (Å²) in [4.78, 5) is 24.8. The number of benzene rings is 2. The third kappa shape index (κ3) is 6.41. The molecular formula is C26H31BrFN5O3. The van der Waals surface area contributed by atoms with Gasteiger partial charge in [-0.1, -0.05) is 15.9 Å². The maximum absolute atomic E-state index is 14.3. The highest BCUT2D eigenvalue weighted by molar-refractivity contribution is 9.10. The number of ether oxygens (including phenoxy) is 2. The number of likely N-dealkylation sites (N-methyl/N-ethyl adjacent to an activating group) is 1. The molecule has 0 radical (unpaired) electrons. The van der Waals surface area contributed by atoms with Gasteiger partial charge in [-0.3, -0.25) is 4.79 Å². The maximum Gasteiger partial charge on any atom is 0.236 e. The maximum atomic E-state index is 14.3. The number of aromatic nitrogens is 2. The number of fused-ring (bicyclic) bond motifs is 1. The van der Waals surface area contributed by atoms with Crippen LogP contribution in [0.4, 0.5) is 15.9 Å². The highest BCUT2D eigenvalue weighted by Gasteiger charge is 2.23. The molecule has 0 bridgehead atoms. The van der Waals surface area contributed by atoms with Crippen LogP contribution >= 0.6 is 15.9 Å². The lowest BCUT2D eigenvalue weighted by Gasteiger charge is -2.32. The Labute approximate surface area is 218 Å². The van der Waals surface area contributed by atoms with Crippen molar-refractivity contribution in [1.82, 2.24) is 19.8 Å². The number of halogens is 2. The molecule has 1 amide bonds. The van der Waals surface area contributed by atoms with Gasteiger partial charge in [0.05, 0.1) is 31.5 Å². The summed E-state index contributed by atoms with van der Waals surface area (Å²) in [7, 11) is 5.41. The first-order valence-corrected chi connectivity index (χ1v) is 12.7. The Bertz CT molecular complexity index is 1220. The lowest BCUT2D eigenvalue weighted by Crippen LogP contribution is -2.42. The van der Waals surface area contributed by atoms with E-state index in [9.17, 15) is 9.18 Å². The molecule has 1 aliphatic heterocycles. The van der Waals surface area contributed by atoms with E-state index in [0.29, 0.717) is 57.4 Å². The van der Waals surface area contributed by atoms with Crippen LogP contribution in [0.15, 0.2) is 41.1 Å². The molecule has 1 aromatic heterocycles. The van der Waals surface area contributed by atoms with Crippen molar-refractivity contribution in [3.63, 3.8) is 0 Å². The van der Waals surface area contributed by atoms with Crippen LogP contribution in [-0.2, 0) is 4.79 Å². The molecule has 0 saturated carbocycles. The number of amides is 1. The van der Waals surface area contributed by atoms with Crippen LogP contribution in [0.1, 0.15) is 19.3 Å². The van der Waals surface area contributed by atoms with Gasteiger partial charge in [0.1, 0.15) is 18.0 Å². The number of piperidine rings is 1. The second-order valence-electron chi connectivity index (χ2n) is 9.19. The topological polar surface area (TPSA) is 79.8 Å². The zero-order valence-electron chi connectivity index (χ0n) is 20.8. The largest absolute Gasteiger partial charge is 0.493 e. The van der Waals surface area contributed by atoms with Crippen LogP contribution in [0.25, 0.3) is 10.9 Å². The predicted octanol–water partition coefficient (Wildman–Crippen LogP) is 4.85. The van der Waals surface area contributed by atoms with Gasteiger partial charge in [0, 0.05) is 29.0 Å². The van der Waals surface area contributed by atoms with Gasteiger partial charge < -0.3 is 24.6 Å². The highest BCUT2D eigenvalue weighted by atomic mass is 79.9. The lowest BCUT2D eigenvalue weighted by atomic mass is 9.94. The Balaban J connectivity index is 1.39. The minimum absolute atomic E-state index is 0.189. The second kappa shape index (κ2) is 11.8. The van der Waals surface area contributed by atoms with E-state index in [0.717, 1.165) is 32.4 Å². The molecule has 2 heterocycles. The van der Waals surface area contributed by atoms with Gasteiger partial charge in [0.15, 0.2) is 11.5 Å². The summed E-state index contributed by atoms with van der Waals surface area (Å²) in [5.74, 6) is 1.94. The number of carbonyl (C=O) groups is 1. The lowest BCUT2D eigenvalue weighted by molar-refractivity contribution is -0.133. The molecule has 4 rings (SSSR count). The van der Waals surface area contributed by atoms with Crippen LogP contribution in [-0.4, -0.2) is 73.1 Å². The van der Waals surface area contributed by atoms with Crippen molar-refractivity contribution in [1.29, 1.82) is 0 Å². The summed E-state index contributed by atoms with van der Waals surface area (Å²) < 4.78 is 26.7. The zero-order chi connectivity index (χ0) is 25.7. The third-order valence-electron chi connectivity index (χ3n) is 6.31. The van der Waals surface area contributed by atoms with E-state index in [1.54, 1.807) is 25.3 Å². The molecule has 0 atom stereocenters. The first-order valence-electron chi connectivity index (χ1n) is 11.9. The van der Waals surface area contributed by atoms with Crippen LogP contribution in [0.3, 0.4) is 0 Å². The number of nitrogens with one attached hydrogen (secondary N) is 1. The van der Waals surface area contributed by atoms with Crippen molar-refractivity contribution in [3.8, 4) is 11.5 Å². The summed E-state index contributed by atoms with van der Waals surface area (Å²) in [5, 5.41) is 3.74. The van der Waals surface area contributed by atoms with Crippen LogP contribution < -0.4 is 14.8 Å². The molecule has 10 heteroatoms.